The van der Waals surface area contributed by atoms with Crippen molar-refractivity contribution in [1.82, 2.24) is 4.98 Å². The molecule has 1 aromatic rings. The highest BCUT2D eigenvalue weighted by Gasteiger charge is 2.34. The maximum absolute atomic E-state index is 12.5. The van der Waals surface area contributed by atoms with E-state index in [9.17, 15) is 23.3 Å². The van der Waals surface area contributed by atoms with Crippen LogP contribution in [0.3, 0.4) is 0 Å². The van der Waals surface area contributed by atoms with Crippen LogP contribution in [0, 0.1) is 10.1 Å². The minimum Gasteiger partial charge on any atom is -0.375 e. The summed E-state index contributed by atoms with van der Waals surface area (Å²) in [5.41, 5.74) is 3.48. The molecule has 1 unspecified atom stereocenters. The van der Waals surface area contributed by atoms with E-state index < -0.39 is 22.5 Å². The summed E-state index contributed by atoms with van der Waals surface area (Å²) in [4.78, 5) is 13.0. The smallest absolute Gasteiger partial charge is 0.375 e. The molecule has 1 aromatic heterocycles. The van der Waals surface area contributed by atoms with E-state index in [0.29, 0.717) is 18.7 Å². The first kappa shape index (κ1) is 15.2. The van der Waals surface area contributed by atoms with Gasteiger partial charge in [0.25, 0.3) is 0 Å². The zero-order valence-electron chi connectivity index (χ0n) is 10.1. The fourth-order valence-corrected chi connectivity index (χ4v) is 1.41. The Morgan fingerprint density at radius 3 is 2.63 bits per heavy atom. The van der Waals surface area contributed by atoms with Crippen LogP contribution >= 0.6 is 0 Å². The average Bonchev–Trinajstić information content (AvgIpc) is 2.34. The van der Waals surface area contributed by atoms with Gasteiger partial charge in [-0.2, -0.15) is 13.2 Å². The van der Waals surface area contributed by atoms with Crippen molar-refractivity contribution in [3.8, 4) is 0 Å². The lowest BCUT2D eigenvalue weighted by Crippen LogP contribution is -2.28. The number of pyridine rings is 1. The minimum absolute atomic E-state index is 0.150. The topological polar surface area (TPSA) is 94.1 Å². The van der Waals surface area contributed by atoms with E-state index in [-0.39, 0.29) is 18.3 Å². The summed E-state index contributed by atoms with van der Waals surface area (Å²) in [6.07, 6.45) is -3.54. The second-order valence-electron chi connectivity index (χ2n) is 3.83. The second-order valence-corrected chi connectivity index (χ2v) is 3.83. The van der Waals surface area contributed by atoms with Gasteiger partial charge in [-0.1, -0.05) is 6.92 Å². The Hall–Kier alpha value is -1.90. The molecule has 0 aromatic carbocycles. The van der Waals surface area contributed by atoms with E-state index in [4.69, 9.17) is 5.73 Å². The predicted octanol–water partition coefficient (Wildman–Crippen LogP) is 2.16. The number of hydrogen-bond acceptors (Lipinski definition) is 5. The first-order chi connectivity index (χ1) is 8.79. The number of hydrogen-bond donors (Lipinski definition) is 2. The first-order valence-corrected chi connectivity index (χ1v) is 5.47. The zero-order valence-corrected chi connectivity index (χ0v) is 10.1. The number of anilines is 1. The summed E-state index contributed by atoms with van der Waals surface area (Å²) >= 11 is 0. The Morgan fingerprint density at radius 1 is 1.58 bits per heavy atom. The summed E-state index contributed by atoms with van der Waals surface area (Å²) in [6.45, 7) is 1.92. The molecule has 0 spiro atoms. The maximum atomic E-state index is 12.5. The van der Waals surface area contributed by atoms with Gasteiger partial charge in [0.2, 0.25) is 0 Å². The summed E-state index contributed by atoms with van der Waals surface area (Å²) in [5.74, 6) is 0. The van der Waals surface area contributed by atoms with E-state index in [1.807, 2.05) is 0 Å². The molecule has 0 fully saturated rings. The molecule has 0 saturated heterocycles. The summed E-state index contributed by atoms with van der Waals surface area (Å²) in [7, 11) is 0. The molecule has 0 bridgehead atoms. The zero-order chi connectivity index (χ0) is 14.6. The lowest BCUT2D eigenvalue weighted by Gasteiger charge is -2.16. The highest BCUT2D eigenvalue weighted by Crippen LogP contribution is 2.33. The number of rotatable bonds is 5. The fraction of sp³-hybridized carbons (Fsp3) is 0.500. The lowest BCUT2D eigenvalue weighted by atomic mass is 10.2. The van der Waals surface area contributed by atoms with E-state index in [2.05, 4.69) is 10.3 Å². The highest BCUT2D eigenvalue weighted by molar-refractivity contribution is 5.61. The van der Waals surface area contributed by atoms with Crippen LogP contribution in [-0.4, -0.2) is 22.5 Å². The third-order valence-electron chi connectivity index (χ3n) is 2.51. The Labute approximate surface area is 107 Å². The molecule has 1 atom stereocenters. The number of nitrogens with zero attached hydrogens (tertiary/aromatic N) is 2. The van der Waals surface area contributed by atoms with E-state index >= 15 is 0 Å². The molecule has 0 radical (unpaired) electrons. The van der Waals surface area contributed by atoms with Crippen molar-refractivity contribution in [3.05, 3.63) is 28.1 Å². The quantitative estimate of drug-likeness (QED) is 0.635. The molecule has 1 rings (SSSR count). The van der Waals surface area contributed by atoms with Crippen LogP contribution in [-0.2, 0) is 6.18 Å². The molecule has 106 valence electrons. The summed E-state index contributed by atoms with van der Waals surface area (Å²) < 4.78 is 37.6. The first-order valence-electron chi connectivity index (χ1n) is 5.47. The third-order valence-corrected chi connectivity index (χ3v) is 2.51. The highest BCUT2D eigenvalue weighted by atomic mass is 19.4. The molecule has 0 aliphatic carbocycles. The van der Waals surface area contributed by atoms with Crippen LogP contribution < -0.4 is 11.1 Å². The van der Waals surface area contributed by atoms with Crippen molar-refractivity contribution in [1.29, 1.82) is 0 Å². The number of nitrogens with one attached hydrogen (secondary N) is 1. The second kappa shape index (κ2) is 5.83. The average molecular weight is 278 g/mol. The van der Waals surface area contributed by atoms with Gasteiger partial charge in [-0.25, -0.2) is 4.98 Å². The molecular formula is C10H13F3N4O2. The minimum atomic E-state index is -4.66. The Kier molecular flexibility index (Phi) is 4.65. The lowest BCUT2D eigenvalue weighted by molar-refractivity contribution is -0.384. The van der Waals surface area contributed by atoms with Gasteiger partial charge in [0.1, 0.15) is 17.6 Å². The molecule has 19 heavy (non-hydrogen) atoms. The van der Waals surface area contributed by atoms with Crippen molar-refractivity contribution >= 4 is 11.4 Å². The molecule has 9 heteroatoms. The van der Waals surface area contributed by atoms with Gasteiger partial charge < -0.3 is 11.1 Å². The van der Waals surface area contributed by atoms with Crippen LogP contribution in [0.15, 0.2) is 12.3 Å². The number of nitrogens with two attached hydrogens (primary N) is 1. The van der Waals surface area contributed by atoms with Gasteiger partial charge in [0.05, 0.1) is 4.92 Å². The van der Waals surface area contributed by atoms with Crippen LogP contribution in [0.25, 0.3) is 0 Å². The van der Waals surface area contributed by atoms with Gasteiger partial charge in [-0.3, -0.25) is 10.1 Å². The van der Waals surface area contributed by atoms with Gasteiger partial charge in [-0.15, -0.1) is 0 Å². The van der Waals surface area contributed by atoms with Crippen molar-refractivity contribution in [2.75, 3.05) is 11.9 Å². The van der Waals surface area contributed by atoms with Gasteiger partial charge in [-0.05, 0) is 12.5 Å². The molecule has 0 saturated carbocycles. The van der Waals surface area contributed by atoms with E-state index in [1.165, 1.54) is 0 Å². The molecule has 1 heterocycles. The Balaban J connectivity index is 3.19. The monoisotopic (exact) mass is 278 g/mol. The van der Waals surface area contributed by atoms with Gasteiger partial charge in [0.15, 0.2) is 0 Å². The molecule has 3 N–H and O–H groups in total. The SMILES string of the molecule is CCC(CN)Nc1cc(C(F)(F)F)ncc1[N+](=O)[O-]. The number of alkyl halides is 3. The van der Waals surface area contributed by atoms with Crippen molar-refractivity contribution in [3.63, 3.8) is 0 Å². The van der Waals surface area contributed by atoms with Gasteiger partial charge >= 0.3 is 11.9 Å². The largest absolute Gasteiger partial charge is 0.433 e. The molecule has 0 aliphatic rings. The standard InChI is InChI=1S/C10H13F3N4O2/c1-2-6(4-14)16-7-3-9(10(11,12)13)15-5-8(7)17(18)19/h3,5-6H,2,4,14H2,1H3,(H,15,16). The molecular weight excluding hydrogens is 265 g/mol. The maximum Gasteiger partial charge on any atom is 0.433 e. The Morgan fingerprint density at radius 2 is 2.21 bits per heavy atom. The fourth-order valence-electron chi connectivity index (χ4n) is 1.41. The van der Waals surface area contributed by atoms with E-state index in [1.54, 1.807) is 6.92 Å². The number of nitro groups is 1. The number of halogens is 3. The molecule has 6 nitrogen and oxygen atoms in total. The summed E-state index contributed by atoms with van der Waals surface area (Å²) in [6, 6.07) is 0.276. The van der Waals surface area contributed by atoms with Crippen LogP contribution in [0.1, 0.15) is 19.0 Å². The third kappa shape index (κ3) is 3.78. The summed E-state index contributed by atoms with van der Waals surface area (Å²) in [5, 5.41) is 13.4. The normalized spacial score (nSPS) is 13.1. The van der Waals surface area contributed by atoms with Crippen molar-refractivity contribution in [2.45, 2.75) is 25.6 Å². The van der Waals surface area contributed by atoms with Crippen LogP contribution in [0.5, 0.6) is 0 Å². The molecule has 0 aliphatic heterocycles. The predicted molar refractivity (Wildman–Crippen MR) is 62.6 cm³/mol. The number of aromatic nitrogens is 1. The van der Waals surface area contributed by atoms with Crippen molar-refractivity contribution in [2.24, 2.45) is 5.73 Å². The van der Waals surface area contributed by atoms with E-state index in [0.717, 1.165) is 0 Å². The van der Waals surface area contributed by atoms with Crippen LogP contribution in [0.4, 0.5) is 24.5 Å². The molecule has 0 amide bonds. The van der Waals surface area contributed by atoms with Gasteiger partial charge in [0, 0.05) is 12.6 Å². The van der Waals surface area contributed by atoms with Crippen molar-refractivity contribution < 1.29 is 18.1 Å². The Bertz CT molecular complexity index is 461. The van der Waals surface area contributed by atoms with Crippen LogP contribution in [0.2, 0.25) is 0 Å².